The molecule has 200 valence electrons. The van der Waals surface area contributed by atoms with E-state index in [2.05, 4.69) is 25.8 Å². The fraction of sp³-hybridized carbons (Fsp3) is 0.174. The van der Waals surface area contributed by atoms with Crippen molar-refractivity contribution in [3.8, 4) is 0 Å². The van der Waals surface area contributed by atoms with Crippen LogP contribution in [0.3, 0.4) is 0 Å². The molecule has 0 radical (unpaired) electrons. The number of nitrogens with zero attached hydrogens (tertiary/aromatic N) is 2. The average Bonchev–Trinajstić information content (AvgIpc) is 3.32. The molecule has 4 rings (SSSR count). The van der Waals surface area contributed by atoms with E-state index in [4.69, 9.17) is 0 Å². The highest BCUT2D eigenvalue weighted by atomic mass is 19.4. The van der Waals surface area contributed by atoms with Crippen LogP contribution in [0.5, 0.6) is 0 Å². The normalized spacial score (nSPS) is 13.0. The summed E-state index contributed by atoms with van der Waals surface area (Å²) in [5, 5.41) is 12.9. The van der Waals surface area contributed by atoms with E-state index in [9.17, 15) is 44.3 Å². The summed E-state index contributed by atoms with van der Waals surface area (Å²) >= 11 is 0. The number of anilines is 3. The lowest BCUT2D eigenvalue weighted by Gasteiger charge is -2.33. The number of pyridine rings is 1. The molecule has 0 saturated carbocycles. The maximum Gasteiger partial charge on any atom is 0.460 e. The van der Waals surface area contributed by atoms with Gasteiger partial charge < -0.3 is 10.6 Å². The Hall–Kier alpha value is -4.30. The molecule has 0 aliphatic heterocycles. The van der Waals surface area contributed by atoms with E-state index in [1.807, 2.05) is 0 Å². The number of alkyl halides is 9. The molecule has 0 saturated heterocycles. The smallest absolute Gasteiger partial charge is 0.338 e. The SMILES string of the molecule is O=C(Nc1cccnc1Nc1ccc2cn[nH]c2c1)c1ccc(C(F)(F)C(F)(F)C(F)(F)C(F)(F)F)cc1. The molecular formula is C23H14F9N5O. The fourth-order valence-corrected chi connectivity index (χ4v) is 3.34. The van der Waals surface area contributed by atoms with Gasteiger partial charge in [0, 0.05) is 28.4 Å². The summed E-state index contributed by atoms with van der Waals surface area (Å²) in [6.07, 6.45) is -3.92. The van der Waals surface area contributed by atoms with Crippen molar-refractivity contribution >= 4 is 34.0 Å². The summed E-state index contributed by atoms with van der Waals surface area (Å²) in [6.45, 7) is 0. The summed E-state index contributed by atoms with van der Waals surface area (Å²) in [4.78, 5) is 16.7. The van der Waals surface area contributed by atoms with Crippen molar-refractivity contribution in [2.24, 2.45) is 0 Å². The zero-order valence-electron chi connectivity index (χ0n) is 18.6. The van der Waals surface area contributed by atoms with Crippen molar-refractivity contribution in [3.05, 3.63) is 78.1 Å². The van der Waals surface area contributed by atoms with Crippen LogP contribution in [0.25, 0.3) is 10.9 Å². The van der Waals surface area contributed by atoms with E-state index in [1.165, 1.54) is 18.3 Å². The van der Waals surface area contributed by atoms with Crippen molar-refractivity contribution in [2.75, 3.05) is 10.6 Å². The van der Waals surface area contributed by atoms with Gasteiger partial charge in [-0.1, -0.05) is 12.1 Å². The molecule has 0 atom stereocenters. The Bertz CT molecular complexity index is 1470. The third kappa shape index (κ3) is 4.59. The molecule has 0 aliphatic rings. The molecule has 15 heteroatoms. The minimum absolute atomic E-state index is 0.118. The van der Waals surface area contributed by atoms with Gasteiger partial charge in [0.15, 0.2) is 5.82 Å². The zero-order chi connectivity index (χ0) is 27.9. The maximum atomic E-state index is 14.1. The van der Waals surface area contributed by atoms with Crippen LogP contribution in [0.1, 0.15) is 15.9 Å². The molecule has 4 aromatic rings. The number of fused-ring (bicyclic) bond motifs is 1. The van der Waals surface area contributed by atoms with E-state index in [1.54, 1.807) is 24.4 Å². The van der Waals surface area contributed by atoms with E-state index in [-0.39, 0.29) is 29.2 Å². The minimum atomic E-state index is -7.02. The zero-order valence-corrected chi connectivity index (χ0v) is 18.6. The molecular weight excluding hydrogens is 533 g/mol. The van der Waals surface area contributed by atoms with Crippen molar-refractivity contribution in [3.63, 3.8) is 0 Å². The molecule has 0 fully saturated rings. The number of halogens is 9. The quantitative estimate of drug-likeness (QED) is 0.221. The Labute approximate surface area is 206 Å². The molecule has 6 nitrogen and oxygen atoms in total. The number of aromatic amines is 1. The van der Waals surface area contributed by atoms with E-state index >= 15 is 0 Å². The molecule has 0 aliphatic carbocycles. The van der Waals surface area contributed by atoms with Crippen LogP contribution < -0.4 is 10.6 Å². The number of carbonyl (C=O) groups excluding carboxylic acids is 1. The molecule has 1 amide bonds. The second-order valence-corrected chi connectivity index (χ2v) is 7.95. The van der Waals surface area contributed by atoms with Gasteiger partial charge in [0.25, 0.3) is 5.91 Å². The van der Waals surface area contributed by atoms with Gasteiger partial charge in [-0.05, 0) is 42.5 Å². The number of aromatic nitrogens is 3. The van der Waals surface area contributed by atoms with Gasteiger partial charge in [0.1, 0.15) is 0 Å². The Morgan fingerprint density at radius 2 is 1.53 bits per heavy atom. The minimum Gasteiger partial charge on any atom is -0.338 e. The summed E-state index contributed by atoms with van der Waals surface area (Å²) in [7, 11) is 0. The number of H-pyrrole nitrogens is 1. The summed E-state index contributed by atoms with van der Waals surface area (Å²) in [6, 6.07) is 9.55. The van der Waals surface area contributed by atoms with E-state index in [0.717, 1.165) is 5.39 Å². The fourth-order valence-electron chi connectivity index (χ4n) is 3.34. The lowest BCUT2D eigenvalue weighted by Crippen LogP contribution is -2.59. The van der Waals surface area contributed by atoms with Crippen molar-refractivity contribution < 1.29 is 44.3 Å². The number of nitrogens with one attached hydrogen (secondary N) is 3. The lowest BCUT2D eigenvalue weighted by atomic mass is 9.96. The summed E-state index contributed by atoms with van der Waals surface area (Å²) in [5.41, 5.74) is -0.857. The third-order valence-corrected chi connectivity index (χ3v) is 5.41. The number of hydrogen-bond donors (Lipinski definition) is 3. The highest BCUT2D eigenvalue weighted by Gasteiger charge is 2.82. The van der Waals surface area contributed by atoms with Crippen LogP contribution in [-0.2, 0) is 5.92 Å². The number of hydrogen-bond acceptors (Lipinski definition) is 4. The van der Waals surface area contributed by atoms with E-state index < -0.39 is 35.4 Å². The van der Waals surface area contributed by atoms with Gasteiger partial charge in [-0.2, -0.15) is 44.6 Å². The predicted octanol–water partition coefficient (Wildman–Crippen LogP) is 6.88. The second kappa shape index (κ2) is 9.22. The largest absolute Gasteiger partial charge is 0.460 e. The summed E-state index contributed by atoms with van der Waals surface area (Å²) in [5.74, 6) is -20.5. The standard InChI is InChI=1S/C23H14F9N5O/c24-20(25,21(26,27)22(28,29)23(30,31)32)14-6-3-12(4-7-14)19(38)36-16-2-1-9-33-18(16)35-15-8-5-13-11-34-37-17(13)10-15/h1-11H,(H,33,35)(H,34,37)(H,36,38). The highest BCUT2D eigenvalue weighted by Crippen LogP contribution is 2.56. The van der Waals surface area contributed by atoms with Crippen LogP contribution >= 0.6 is 0 Å². The van der Waals surface area contributed by atoms with Crippen molar-refractivity contribution in [1.29, 1.82) is 0 Å². The Kier molecular flexibility index (Phi) is 6.49. The molecule has 0 bridgehead atoms. The van der Waals surface area contributed by atoms with Crippen LogP contribution in [0.2, 0.25) is 0 Å². The van der Waals surface area contributed by atoms with Gasteiger partial charge in [-0.15, -0.1) is 0 Å². The molecule has 2 aromatic heterocycles. The summed E-state index contributed by atoms with van der Waals surface area (Å²) < 4.78 is 119. The Balaban J connectivity index is 1.53. The molecule has 0 spiro atoms. The topological polar surface area (TPSA) is 82.7 Å². The number of carbonyl (C=O) groups is 1. The maximum absolute atomic E-state index is 14.1. The lowest BCUT2D eigenvalue weighted by molar-refractivity contribution is -0.399. The van der Waals surface area contributed by atoms with Gasteiger partial charge in [0.05, 0.1) is 17.4 Å². The first kappa shape index (κ1) is 26.8. The van der Waals surface area contributed by atoms with Crippen LogP contribution in [0.15, 0.2) is 67.0 Å². The van der Waals surface area contributed by atoms with Gasteiger partial charge in [-0.25, -0.2) is 4.98 Å². The van der Waals surface area contributed by atoms with Crippen molar-refractivity contribution in [2.45, 2.75) is 23.9 Å². The Morgan fingerprint density at radius 3 is 2.18 bits per heavy atom. The number of benzene rings is 2. The number of rotatable bonds is 7. The first-order valence-corrected chi connectivity index (χ1v) is 10.4. The Morgan fingerprint density at radius 1 is 0.842 bits per heavy atom. The average molecular weight is 547 g/mol. The first-order valence-electron chi connectivity index (χ1n) is 10.4. The first-order chi connectivity index (χ1) is 17.6. The van der Waals surface area contributed by atoms with Crippen LogP contribution in [0.4, 0.5) is 56.7 Å². The van der Waals surface area contributed by atoms with E-state index in [0.29, 0.717) is 23.3 Å². The van der Waals surface area contributed by atoms with Crippen molar-refractivity contribution in [1.82, 2.24) is 15.2 Å². The van der Waals surface area contributed by atoms with Gasteiger partial charge in [0.2, 0.25) is 0 Å². The van der Waals surface area contributed by atoms with Gasteiger partial charge in [-0.3, -0.25) is 9.89 Å². The monoisotopic (exact) mass is 547 g/mol. The highest BCUT2D eigenvalue weighted by molar-refractivity contribution is 6.05. The molecule has 2 heterocycles. The molecule has 0 unspecified atom stereocenters. The van der Waals surface area contributed by atoms with Gasteiger partial charge >= 0.3 is 23.9 Å². The van der Waals surface area contributed by atoms with Crippen LogP contribution in [0, 0.1) is 0 Å². The van der Waals surface area contributed by atoms with Crippen LogP contribution in [-0.4, -0.2) is 39.1 Å². The molecule has 3 N–H and O–H groups in total. The number of amides is 1. The molecule has 38 heavy (non-hydrogen) atoms. The second-order valence-electron chi connectivity index (χ2n) is 7.95. The third-order valence-electron chi connectivity index (χ3n) is 5.41. The predicted molar refractivity (Wildman–Crippen MR) is 118 cm³/mol. The molecule has 2 aromatic carbocycles.